The smallest absolute Gasteiger partial charge is 0.277 e. The summed E-state index contributed by atoms with van der Waals surface area (Å²) in [7, 11) is -7.36. The molecule has 0 saturated heterocycles. The lowest BCUT2D eigenvalue weighted by Crippen LogP contribution is -2.36. The minimum absolute atomic E-state index is 0.104. The first-order valence-corrected chi connectivity index (χ1v) is 12.5. The van der Waals surface area contributed by atoms with Crippen LogP contribution in [0.2, 0.25) is 0 Å². The van der Waals surface area contributed by atoms with E-state index < -0.39 is 20.0 Å². The van der Waals surface area contributed by atoms with Gasteiger partial charge in [-0.25, -0.2) is 16.8 Å². The number of fused-ring (bicyclic) bond motifs is 1. The Morgan fingerprint density at radius 3 is 1.84 bits per heavy atom. The molecule has 0 saturated carbocycles. The maximum atomic E-state index is 13.7. The molecule has 8 heteroatoms. The average molecular weight is 456 g/mol. The third kappa shape index (κ3) is 3.84. The fourth-order valence-corrected chi connectivity index (χ4v) is 7.35. The highest BCUT2D eigenvalue weighted by molar-refractivity contribution is 8.04. The summed E-state index contributed by atoms with van der Waals surface area (Å²) < 4.78 is 60.6. The van der Waals surface area contributed by atoms with Gasteiger partial charge in [0.15, 0.2) is 0 Å². The van der Waals surface area contributed by atoms with Crippen LogP contribution in [0.1, 0.15) is 17.5 Å². The van der Waals surface area contributed by atoms with Gasteiger partial charge in [0.05, 0.1) is 22.6 Å². The van der Waals surface area contributed by atoms with Crippen LogP contribution in [-0.4, -0.2) is 27.7 Å². The van der Waals surface area contributed by atoms with E-state index in [2.05, 4.69) is 0 Å². The van der Waals surface area contributed by atoms with Crippen LogP contribution in [-0.2, 0) is 26.5 Å². The van der Waals surface area contributed by atoms with Gasteiger partial charge in [-0.2, -0.15) is 3.71 Å². The van der Waals surface area contributed by atoms with E-state index in [1.807, 2.05) is 6.07 Å². The molecule has 160 valence electrons. The summed E-state index contributed by atoms with van der Waals surface area (Å²) >= 11 is 0. The summed E-state index contributed by atoms with van der Waals surface area (Å²) in [5.41, 5.74) is 1.48. The van der Waals surface area contributed by atoms with Crippen LogP contribution in [0.5, 0.6) is 5.75 Å². The summed E-state index contributed by atoms with van der Waals surface area (Å²) in [6.45, 7) is 0. The van der Waals surface area contributed by atoms with Crippen molar-refractivity contribution in [1.82, 2.24) is 3.71 Å². The number of aryl methyl sites for hydroxylation is 1. The molecule has 0 fully saturated rings. The monoisotopic (exact) mass is 455 g/mol. The quantitative estimate of drug-likeness (QED) is 0.560. The van der Waals surface area contributed by atoms with Crippen LogP contribution in [0.4, 0.5) is 0 Å². The van der Waals surface area contributed by atoms with Gasteiger partial charge in [-0.15, -0.1) is 0 Å². The lowest BCUT2D eigenvalue weighted by atomic mass is 9.95. The van der Waals surface area contributed by atoms with Gasteiger partial charge in [-0.3, -0.25) is 0 Å². The number of hydrogen-bond donors (Lipinski definition) is 0. The lowest BCUT2D eigenvalue weighted by Gasteiger charge is -2.29. The molecule has 0 amide bonds. The van der Waals surface area contributed by atoms with Crippen molar-refractivity contribution in [3.05, 3.63) is 96.1 Å². The fourth-order valence-electron chi connectivity index (χ4n) is 3.55. The van der Waals surface area contributed by atoms with Crippen LogP contribution < -0.4 is 4.74 Å². The minimum atomic E-state index is -4.43. The van der Waals surface area contributed by atoms with Crippen LogP contribution in [0.3, 0.4) is 0 Å². The van der Waals surface area contributed by atoms with E-state index in [-0.39, 0.29) is 15.5 Å². The Hall–Kier alpha value is -3.10. The molecule has 3 aromatic carbocycles. The Morgan fingerprint density at radius 1 is 0.774 bits per heavy atom. The third-order valence-electron chi connectivity index (χ3n) is 5.06. The predicted octanol–water partition coefficient (Wildman–Crippen LogP) is 4.06. The molecular formula is C23H21NO5S2. The molecule has 6 nitrogen and oxygen atoms in total. The molecule has 0 unspecified atom stereocenters. The standard InChI is InChI=1S/C23H21NO5S2/c1-29-19-16-15-18-9-8-14-23(22(18)17-19)24(30(25,26)20-10-4-2-5-11-20)31(27,28)21-12-6-3-7-13-21/h2-7,10-17H,8-9H2,1H3. The van der Waals surface area contributed by atoms with Gasteiger partial charge < -0.3 is 4.74 Å². The first kappa shape index (κ1) is 21.1. The molecule has 0 radical (unpaired) electrons. The molecule has 3 aromatic rings. The second-order valence-corrected chi connectivity index (χ2v) is 10.8. The van der Waals surface area contributed by atoms with Gasteiger partial charge in [-0.05, 0) is 54.8 Å². The Bertz CT molecular complexity index is 1260. The highest BCUT2D eigenvalue weighted by atomic mass is 32.3. The molecule has 0 heterocycles. The lowest BCUT2D eigenvalue weighted by molar-refractivity contribution is 0.414. The van der Waals surface area contributed by atoms with Crippen molar-refractivity contribution in [2.24, 2.45) is 0 Å². The van der Waals surface area contributed by atoms with Crippen LogP contribution in [0, 0.1) is 0 Å². The fraction of sp³-hybridized carbons (Fsp3) is 0.130. The van der Waals surface area contributed by atoms with Gasteiger partial charge in [0, 0.05) is 5.56 Å². The number of sulfonamides is 2. The van der Waals surface area contributed by atoms with Crippen LogP contribution in [0.15, 0.2) is 94.7 Å². The van der Waals surface area contributed by atoms with E-state index in [1.165, 1.54) is 31.4 Å². The van der Waals surface area contributed by atoms with Gasteiger partial charge in [-0.1, -0.05) is 48.5 Å². The number of benzene rings is 3. The van der Waals surface area contributed by atoms with Crippen molar-refractivity contribution in [1.29, 1.82) is 0 Å². The Balaban J connectivity index is 1.99. The average Bonchev–Trinajstić information content (AvgIpc) is 2.80. The van der Waals surface area contributed by atoms with E-state index in [4.69, 9.17) is 4.74 Å². The number of nitrogens with zero attached hydrogens (tertiary/aromatic N) is 1. The number of rotatable bonds is 6. The van der Waals surface area contributed by atoms with Gasteiger partial charge in [0.25, 0.3) is 20.0 Å². The largest absolute Gasteiger partial charge is 0.497 e. The second kappa shape index (κ2) is 8.20. The van der Waals surface area contributed by atoms with Gasteiger partial charge >= 0.3 is 0 Å². The molecular weight excluding hydrogens is 434 g/mol. The van der Waals surface area contributed by atoms with Crippen LogP contribution >= 0.6 is 0 Å². The maximum Gasteiger partial charge on any atom is 0.277 e. The number of allylic oxidation sites excluding steroid dienone is 1. The zero-order valence-corrected chi connectivity index (χ0v) is 18.4. The SMILES string of the molecule is COc1ccc2c(c1)C(N(S(=O)(=O)c1ccccc1)S(=O)(=O)c1ccccc1)=CCC2. The first-order valence-electron chi connectivity index (χ1n) is 9.64. The van der Waals surface area contributed by atoms with E-state index in [9.17, 15) is 16.8 Å². The van der Waals surface area contributed by atoms with Crippen molar-refractivity contribution < 1.29 is 21.6 Å². The predicted molar refractivity (Wildman–Crippen MR) is 118 cm³/mol. The van der Waals surface area contributed by atoms with E-state index >= 15 is 0 Å². The van der Waals surface area contributed by atoms with E-state index in [0.29, 0.717) is 27.9 Å². The number of methoxy groups -OCH3 is 1. The molecule has 0 atom stereocenters. The minimum Gasteiger partial charge on any atom is -0.497 e. The molecule has 1 aliphatic carbocycles. The summed E-state index contributed by atoms with van der Waals surface area (Å²) in [6, 6.07) is 20.4. The van der Waals surface area contributed by atoms with E-state index in [0.717, 1.165) is 5.56 Å². The van der Waals surface area contributed by atoms with Crippen molar-refractivity contribution >= 4 is 25.7 Å². The molecule has 31 heavy (non-hydrogen) atoms. The highest BCUT2D eigenvalue weighted by Crippen LogP contribution is 2.38. The van der Waals surface area contributed by atoms with Crippen molar-refractivity contribution in [3.63, 3.8) is 0 Å². The zero-order valence-electron chi connectivity index (χ0n) is 16.8. The Labute approximate surface area is 182 Å². The Morgan fingerprint density at radius 2 is 1.32 bits per heavy atom. The molecule has 0 aliphatic heterocycles. The normalized spacial score (nSPS) is 13.8. The molecule has 0 spiro atoms. The van der Waals surface area contributed by atoms with Gasteiger partial charge in [0.1, 0.15) is 5.75 Å². The molecule has 0 aromatic heterocycles. The molecule has 0 N–H and O–H groups in total. The summed E-state index contributed by atoms with van der Waals surface area (Å²) in [6.07, 6.45) is 2.84. The third-order valence-corrected chi connectivity index (χ3v) is 9.24. The first-order chi connectivity index (χ1) is 14.9. The highest BCUT2D eigenvalue weighted by Gasteiger charge is 2.39. The molecule has 0 bridgehead atoms. The second-order valence-electron chi connectivity index (χ2n) is 6.98. The Kier molecular flexibility index (Phi) is 5.60. The summed E-state index contributed by atoms with van der Waals surface area (Å²) in [5, 5.41) is 0. The number of ether oxygens (including phenoxy) is 1. The summed E-state index contributed by atoms with van der Waals surface area (Å²) in [4.78, 5) is -0.212. The maximum absolute atomic E-state index is 13.7. The van der Waals surface area contributed by atoms with Crippen molar-refractivity contribution in [2.75, 3.05) is 7.11 Å². The topological polar surface area (TPSA) is 80.8 Å². The van der Waals surface area contributed by atoms with Crippen molar-refractivity contribution in [3.8, 4) is 5.75 Å². The number of hydrogen-bond acceptors (Lipinski definition) is 5. The van der Waals surface area contributed by atoms with E-state index in [1.54, 1.807) is 54.6 Å². The van der Waals surface area contributed by atoms with Crippen molar-refractivity contribution in [2.45, 2.75) is 22.6 Å². The summed E-state index contributed by atoms with van der Waals surface area (Å²) in [5.74, 6) is 0.515. The molecule has 4 rings (SSSR count). The van der Waals surface area contributed by atoms with Gasteiger partial charge in [0.2, 0.25) is 0 Å². The van der Waals surface area contributed by atoms with Crippen LogP contribution in [0.25, 0.3) is 5.70 Å². The zero-order chi connectivity index (χ0) is 22.1. The molecule has 1 aliphatic rings.